The number of nitrogens with zero attached hydrogens (tertiary/aromatic N) is 2. The molecule has 1 aromatic carbocycles. The van der Waals surface area contributed by atoms with Crippen molar-refractivity contribution in [1.29, 1.82) is 0 Å². The van der Waals surface area contributed by atoms with Crippen LogP contribution >= 0.6 is 15.9 Å². The van der Waals surface area contributed by atoms with Crippen molar-refractivity contribution in [3.63, 3.8) is 0 Å². The van der Waals surface area contributed by atoms with E-state index in [1.54, 1.807) is 24.3 Å². The number of hydrogen-bond donors (Lipinski definition) is 0. The molecular formula is C12H11BrN2O3S. The third kappa shape index (κ3) is 3.30. The van der Waals surface area contributed by atoms with E-state index in [9.17, 15) is 8.42 Å². The minimum absolute atomic E-state index is 0.134. The number of benzene rings is 1. The molecule has 0 fully saturated rings. The molecular weight excluding hydrogens is 332 g/mol. The average Bonchev–Trinajstić information content (AvgIpc) is 2.39. The Morgan fingerprint density at radius 1 is 1.32 bits per heavy atom. The van der Waals surface area contributed by atoms with Gasteiger partial charge in [-0.25, -0.2) is 8.42 Å². The van der Waals surface area contributed by atoms with Crippen molar-refractivity contribution in [3.05, 3.63) is 46.7 Å². The first-order valence-corrected chi connectivity index (χ1v) is 7.80. The number of aromatic nitrogens is 2. The molecule has 1 heterocycles. The molecule has 100 valence electrons. The molecule has 0 aliphatic carbocycles. The third-order valence-corrected chi connectivity index (χ3v) is 4.58. The van der Waals surface area contributed by atoms with Gasteiger partial charge in [-0.2, -0.15) is 10.2 Å². The fourth-order valence-electron chi connectivity index (χ4n) is 1.58. The summed E-state index contributed by atoms with van der Waals surface area (Å²) in [6.45, 7) is 0. The lowest BCUT2D eigenvalue weighted by Gasteiger charge is -2.09. The lowest BCUT2D eigenvalue weighted by Crippen LogP contribution is -2.08. The zero-order valence-electron chi connectivity index (χ0n) is 10.1. The Morgan fingerprint density at radius 3 is 2.74 bits per heavy atom. The SMILES string of the molecule is COc1ccc(Br)cc1S(=O)(=O)Cc1cccnn1. The van der Waals surface area contributed by atoms with E-state index in [1.807, 2.05) is 0 Å². The van der Waals surface area contributed by atoms with E-state index in [0.29, 0.717) is 15.9 Å². The summed E-state index contributed by atoms with van der Waals surface area (Å²) >= 11 is 3.26. The maximum Gasteiger partial charge on any atom is 0.187 e. The van der Waals surface area contributed by atoms with Crippen molar-refractivity contribution in [2.45, 2.75) is 10.6 Å². The van der Waals surface area contributed by atoms with E-state index >= 15 is 0 Å². The Labute approximate surface area is 119 Å². The molecule has 7 heteroatoms. The third-order valence-electron chi connectivity index (χ3n) is 2.43. The summed E-state index contributed by atoms with van der Waals surface area (Å²) < 4.78 is 30.5. The lowest BCUT2D eigenvalue weighted by atomic mass is 10.3. The van der Waals surface area contributed by atoms with Gasteiger partial charge in [0.15, 0.2) is 9.84 Å². The Morgan fingerprint density at radius 2 is 2.11 bits per heavy atom. The fraction of sp³-hybridized carbons (Fsp3) is 0.167. The van der Waals surface area contributed by atoms with Gasteiger partial charge in [0.2, 0.25) is 0 Å². The van der Waals surface area contributed by atoms with Gasteiger partial charge in [0.05, 0.1) is 18.6 Å². The van der Waals surface area contributed by atoms with Gasteiger partial charge in [0.25, 0.3) is 0 Å². The molecule has 0 aliphatic heterocycles. The van der Waals surface area contributed by atoms with Crippen LogP contribution in [0.2, 0.25) is 0 Å². The molecule has 0 spiro atoms. The summed E-state index contributed by atoms with van der Waals surface area (Å²) in [5.74, 6) is 0.0975. The van der Waals surface area contributed by atoms with Crippen LogP contribution in [0.4, 0.5) is 0 Å². The summed E-state index contributed by atoms with van der Waals surface area (Å²) in [6, 6.07) is 8.11. The lowest BCUT2D eigenvalue weighted by molar-refractivity contribution is 0.402. The second-order valence-corrected chi connectivity index (χ2v) is 6.64. The normalized spacial score (nSPS) is 11.3. The highest BCUT2D eigenvalue weighted by atomic mass is 79.9. The Bertz CT molecular complexity index is 675. The molecule has 0 saturated carbocycles. The van der Waals surface area contributed by atoms with Crippen LogP contribution in [0.1, 0.15) is 5.69 Å². The van der Waals surface area contributed by atoms with Crippen LogP contribution in [0.15, 0.2) is 45.9 Å². The zero-order chi connectivity index (χ0) is 13.9. The molecule has 1 aromatic heterocycles. The van der Waals surface area contributed by atoms with E-state index in [0.717, 1.165) is 0 Å². The van der Waals surface area contributed by atoms with E-state index < -0.39 is 9.84 Å². The molecule has 5 nitrogen and oxygen atoms in total. The predicted molar refractivity (Wildman–Crippen MR) is 73.6 cm³/mol. The monoisotopic (exact) mass is 342 g/mol. The average molecular weight is 343 g/mol. The second-order valence-electron chi connectivity index (χ2n) is 3.77. The molecule has 0 unspecified atom stereocenters. The van der Waals surface area contributed by atoms with Gasteiger partial charge in [0, 0.05) is 10.7 Å². The number of hydrogen-bond acceptors (Lipinski definition) is 5. The van der Waals surface area contributed by atoms with E-state index in [1.165, 1.54) is 19.4 Å². The number of halogens is 1. The van der Waals surface area contributed by atoms with Crippen molar-refractivity contribution >= 4 is 25.8 Å². The first-order chi connectivity index (χ1) is 9.03. The summed E-state index contributed by atoms with van der Waals surface area (Å²) in [5, 5.41) is 7.45. The highest BCUT2D eigenvalue weighted by Crippen LogP contribution is 2.29. The maximum atomic E-state index is 12.4. The van der Waals surface area contributed by atoms with Crippen molar-refractivity contribution in [3.8, 4) is 5.75 Å². The highest BCUT2D eigenvalue weighted by Gasteiger charge is 2.21. The van der Waals surface area contributed by atoms with Crippen LogP contribution < -0.4 is 4.74 Å². The predicted octanol–water partition coefficient (Wildman–Crippen LogP) is 2.22. The van der Waals surface area contributed by atoms with Crippen LogP contribution in [-0.2, 0) is 15.6 Å². The van der Waals surface area contributed by atoms with Crippen LogP contribution in [0.5, 0.6) is 5.75 Å². The van der Waals surface area contributed by atoms with Crippen molar-refractivity contribution < 1.29 is 13.2 Å². The summed E-state index contributed by atoms with van der Waals surface area (Å²) in [5.41, 5.74) is 0.393. The highest BCUT2D eigenvalue weighted by molar-refractivity contribution is 9.10. The number of methoxy groups -OCH3 is 1. The van der Waals surface area contributed by atoms with Crippen LogP contribution in [0.3, 0.4) is 0 Å². The van der Waals surface area contributed by atoms with Crippen molar-refractivity contribution in [2.24, 2.45) is 0 Å². The van der Waals surface area contributed by atoms with E-state index in [-0.39, 0.29) is 10.6 Å². The van der Waals surface area contributed by atoms with Crippen molar-refractivity contribution in [1.82, 2.24) is 10.2 Å². The standard InChI is InChI=1S/C12H11BrN2O3S/c1-18-11-5-4-9(13)7-12(11)19(16,17)8-10-3-2-6-14-15-10/h2-7H,8H2,1H3. The van der Waals surface area contributed by atoms with Crippen molar-refractivity contribution in [2.75, 3.05) is 7.11 Å². The molecule has 0 aliphatic rings. The molecule has 0 atom stereocenters. The molecule has 2 rings (SSSR count). The van der Waals surface area contributed by atoms with E-state index in [4.69, 9.17) is 4.74 Å². The molecule has 0 radical (unpaired) electrons. The van der Waals surface area contributed by atoms with Gasteiger partial charge in [-0.3, -0.25) is 0 Å². The summed E-state index contributed by atoms with van der Waals surface area (Å²) in [4.78, 5) is 0.134. The summed E-state index contributed by atoms with van der Waals surface area (Å²) in [6.07, 6.45) is 1.50. The molecule has 0 bridgehead atoms. The minimum atomic E-state index is -3.54. The van der Waals surface area contributed by atoms with Gasteiger partial charge in [-0.1, -0.05) is 15.9 Å². The van der Waals surface area contributed by atoms with Gasteiger partial charge in [0.1, 0.15) is 10.6 Å². The number of sulfone groups is 1. The molecule has 2 aromatic rings. The Balaban J connectivity index is 2.42. The summed E-state index contributed by atoms with van der Waals surface area (Å²) in [7, 11) is -2.10. The fourth-order valence-corrected chi connectivity index (χ4v) is 3.55. The van der Waals surface area contributed by atoms with Gasteiger partial charge < -0.3 is 4.74 Å². The molecule has 0 saturated heterocycles. The maximum absolute atomic E-state index is 12.4. The minimum Gasteiger partial charge on any atom is -0.495 e. The first kappa shape index (κ1) is 14.0. The molecule has 0 N–H and O–H groups in total. The van der Waals surface area contributed by atoms with Gasteiger partial charge in [-0.15, -0.1) is 0 Å². The van der Waals surface area contributed by atoms with Crippen LogP contribution in [-0.4, -0.2) is 25.7 Å². The topological polar surface area (TPSA) is 69.2 Å². The molecule has 0 amide bonds. The smallest absolute Gasteiger partial charge is 0.187 e. The van der Waals surface area contributed by atoms with Gasteiger partial charge >= 0.3 is 0 Å². The molecule has 19 heavy (non-hydrogen) atoms. The number of ether oxygens (including phenoxy) is 1. The largest absolute Gasteiger partial charge is 0.495 e. The second kappa shape index (κ2) is 5.66. The number of rotatable bonds is 4. The quantitative estimate of drug-likeness (QED) is 0.851. The van der Waals surface area contributed by atoms with Crippen LogP contribution in [0.25, 0.3) is 0 Å². The Kier molecular flexibility index (Phi) is 4.16. The Hall–Kier alpha value is -1.47. The van der Waals surface area contributed by atoms with Gasteiger partial charge in [-0.05, 0) is 30.3 Å². The first-order valence-electron chi connectivity index (χ1n) is 5.36. The van der Waals surface area contributed by atoms with E-state index in [2.05, 4.69) is 26.1 Å². The van der Waals surface area contributed by atoms with Crippen LogP contribution in [0, 0.1) is 0 Å². The zero-order valence-corrected chi connectivity index (χ0v) is 12.5.